The van der Waals surface area contributed by atoms with Crippen molar-refractivity contribution in [2.24, 2.45) is 0 Å². The van der Waals surface area contributed by atoms with E-state index in [0.717, 1.165) is 22.5 Å². The lowest BCUT2D eigenvalue weighted by Crippen LogP contribution is -2.19. The van der Waals surface area contributed by atoms with Crippen LogP contribution < -0.4 is 10.3 Å². The maximum Gasteiger partial charge on any atom is 0.267 e. The molecule has 3 aromatic heterocycles. The Morgan fingerprint density at radius 2 is 1.74 bits per heavy atom. The summed E-state index contributed by atoms with van der Waals surface area (Å²) >= 11 is 6.37. The molecule has 0 aliphatic carbocycles. The zero-order valence-corrected chi connectivity index (χ0v) is 19.9. The van der Waals surface area contributed by atoms with Crippen LogP contribution in [0.15, 0.2) is 77.7 Å². The van der Waals surface area contributed by atoms with Crippen LogP contribution in [-0.4, -0.2) is 19.2 Å². The largest absolute Gasteiger partial charge is 0.485 e. The van der Waals surface area contributed by atoms with E-state index in [4.69, 9.17) is 26.4 Å². The Balaban J connectivity index is 1.57. The first-order valence-corrected chi connectivity index (χ1v) is 11.3. The van der Waals surface area contributed by atoms with Gasteiger partial charge in [-0.2, -0.15) is 5.10 Å². The number of ether oxygens (including phenoxy) is 1. The standard InChI is InChI=1S/C27H23ClN4O2/c1-17-9-4-5-10-20(17)16-34-24-13-8-14-31-26(24)29-19(3)25(27(31)33)22-15-18(2)32(30-22)23-12-7-6-11-21(23)28/h4-15H,16H2,1-3H3. The fourth-order valence-corrected chi connectivity index (χ4v) is 4.26. The van der Waals surface area contributed by atoms with E-state index in [-0.39, 0.29) is 5.56 Å². The second kappa shape index (κ2) is 8.80. The molecular weight excluding hydrogens is 448 g/mol. The fraction of sp³-hybridized carbons (Fsp3) is 0.148. The third kappa shape index (κ3) is 3.86. The van der Waals surface area contributed by atoms with Gasteiger partial charge in [0, 0.05) is 11.9 Å². The molecule has 0 saturated heterocycles. The SMILES string of the molecule is Cc1ccccc1COc1cccn2c(=O)c(-c3cc(C)n(-c4ccccc4Cl)n3)c(C)nc12. The summed E-state index contributed by atoms with van der Waals surface area (Å²) in [6.45, 7) is 6.19. The average molecular weight is 471 g/mol. The van der Waals surface area contributed by atoms with Crippen LogP contribution in [0.4, 0.5) is 0 Å². The van der Waals surface area contributed by atoms with Crippen molar-refractivity contribution in [2.45, 2.75) is 27.4 Å². The fourth-order valence-electron chi connectivity index (χ4n) is 4.04. The molecule has 34 heavy (non-hydrogen) atoms. The predicted molar refractivity (Wildman–Crippen MR) is 134 cm³/mol. The van der Waals surface area contributed by atoms with Crippen molar-refractivity contribution in [3.8, 4) is 22.7 Å². The highest BCUT2D eigenvalue weighted by Crippen LogP contribution is 2.26. The van der Waals surface area contributed by atoms with Gasteiger partial charge in [0.1, 0.15) is 12.3 Å². The van der Waals surface area contributed by atoms with Gasteiger partial charge in [-0.25, -0.2) is 9.67 Å². The third-order valence-corrected chi connectivity index (χ3v) is 6.19. The van der Waals surface area contributed by atoms with E-state index in [2.05, 4.69) is 0 Å². The molecule has 170 valence electrons. The second-order valence-corrected chi connectivity index (χ2v) is 8.60. The average Bonchev–Trinajstić information content (AvgIpc) is 3.19. The normalized spacial score (nSPS) is 11.2. The van der Waals surface area contributed by atoms with E-state index in [1.54, 1.807) is 16.9 Å². The van der Waals surface area contributed by atoms with E-state index in [1.807, 2.05) is 81.4 Å². The number of para-hydroxylation sites is 1. The number of fused-ring (bicyclic) bond motifs is 1. The number of hydrogen-bond donors (Lipinski definition) is 0. The van der Waals surface area contributed by atoms with Gasteiger partial charge in [0.05, 0.1) is 22.0 Å². The molecule has 0 fully saturated rings. The van der Waals surface area contributed by atoms with Crippen molar-refractivity contribution in [3.05, 3.63) is 111 Å². The van der Waals surface area contributed by atoms with Crippen molar-refractivity contribution >= 4 is 17.2 Å². The summed E-state index contributed by atoms with van der Waals surface area (Å²) in [4.78, 5) is 18.3. The van der Waals surface area contributed by atoms with Gasteiger partial charge in [-0.15, -0.1) is 0 Å². The molecule has 0 atom stereocenters. The molecule has 0 saturated carbocycles. The van der Waals surface area contributed by atoms with Crippen LogP contribution in [0.25, 0.3) is 22.6 Å². The molecule has 5 aromatic rings. The van der Waals surface area contributed by atoms with Crippen molar-refractivity contribution < 1.29 is 4.74 Å². The number of rotatable bonds is 5. The highest BCUT2D eigenvalue weighted by atomic mass is 35.5. The minimum Gasteiger partial charge on any atom is -0.485 e. The first kappa shape index (κ1) is 21.9. The molecule has 0 amide bonds. The van der Waals surface area contributed by atoms with Gasteiger partial charge in [0.2, 0.25) is 0 Å². The number of halogens is 1. The number of aromatic nitrogens is 4. The molecular formula is C27H23ClN4O2. The summed E-state index contributed by atoms with van der Waals surface area (Å²) in [5, 5.41) is 5.28. The van der Waals surface area contributed by atoms with Crippen molar-refractivity contribution in [2.75, 3.05) is 0 Å². The maximum atomic E-state index is 13.5. The third-order valence-electron chi connectivity index (χ3n) is 5.87. The van der Waals surface area contributed by atoms with Crippen LogP contribution in [0, 0.1) is 20.8 Å². The second-order valence-electron chi connectivity index (χ2n) is 8.19. The Morgan fingerprint density at radius 1 is 0.971 bits per heavy atom. The molecule has 0 bridgehead atoms. The lowest BCUT2D eigenvalue weighted by molar-refractivity contribution is 0.307. The summed E-state index contributed by atoms with van der Waals surface area (Å²) in [6, 6.07) is 21.0. The summed E-state index contributed by atoms with van der Waals surface area (Å²) in [5.41, 5.74) is 5.71. The minimum atomic E-state index is -0.201. The van der Waals surface area contributed by atoms with E-state index in [1.165, 1.54) is 4.40 Å². The quantitative estimate of drug-likeness (QED) is 0.330. The van der Waals surface area contributed by atoms with E-state index >= 15 is 0 Å². The molecule has 0 aliphatic rings. The molecule has 6 nitrogen and oxygen atoms in total. The van der Waals surface area contributed by atoms with Crippen molar-refractivity contribution in [1.29, 1.82) is 0 Å². The molecule has 7 heteroatoms. The summed E-state index contributed by atoms with van der Waals surface area (Å²) in [5.74, 6) is 0.551. The minimum absolute atomic E-state index is 0.201. The van der Waals surface area contributed by atoms with Gasteiger partial charge in [-0.1, -0.05) is 48.0 Å². The van der Waals surface area contributed by atoms with Gasteiger partial charge in [-0.05, 0) is 62.2 Å². The van der Waals surface area contributed by atoms with Gasteiger partial charge in [0.15, 0.2) is 11.4 Å². The first-order chi connectivity index (χ1) is 16.4. The first-order valence-electron chi connectivity index (χ1n) is 11.0. The number of aryl methyl sites for hydroxylation is 3. The highest BCUT2D eigenvalue weighted by molar-refractivity contribution is 6.32. The Morgan fingerprint density at radius 3 is 2.53 bits per heavy atom. The van der Waals surface area contributed by atoms with Crippen LogP contribution in [-0.2, 0) is 6.61 Å². The number of nitrogens with zero attached hydrogens (tertiary/aromatic N) is 4. The number of hydrogen-bond acceptors (Lipinski definition) is 4. The summed E-state index contributed by atoms with van der Waals surface area (Å²) in [6.07, 6.45) is 1.70. The lowest BCUT2D eigenvalue weighted by Gasteiger charge is -2.12. The van der Waals surface area contributed by atoms with Gasteiger partial charge in [0.25, 0.3) is 5.56 Å². The van der Waals surface area contributed by atoms with Crippen LogP contribution in [0.5, 0.6) is 5.75 Å². The Kier molecular flexibility index (Phi) is 5.67. The highest BCUT2D eigenvalue weighted by Gasteiger charge is 2.19. The zero-order valence-electron chi connectivity index (χ0n) is 19.1. The van der Waals surface area contributed by atoms with Gasteiger partial charge in [-0.3, -0.25) is 9.20 Å². The molecule has 0 radical (unpaired) electrons. The number of pyridine rings is 1. The lowest BCUT2D eigenvalue weighted by atomic mass is 10.1. The van der Waals surface area contributed by atoms with Crippen LogP contribution in [0.3, 0.4) is 0 Å². The monoisotopic (exact) mass is 470 g/mol. The molecule has 5 rings (SSSR count). The maximum absolute atomic E-state index is 13.5. The van der Waals surface area contributed by atoms with E-state index < -0.39 is 0 Å². The Hall–Kier alpha value is -3.90. The Labute approximate surface area is 202 Å². The summed E-state index contributed by atoms with van der Waals surface area (Å²) in [7, 11) is 0. The number of benzene rings is 2. The smallest absolute Gasteiger partial charge is 0.267 e. The van der Waals surface area contributed by atoms with Crippen molar-refractivity contribution in [1.82, 2.24) is 19.2 Å². The topological polar surface area (TPSA) is 61.4 Å². The predicted octanol–water partition coefficient (Wildman–Crippen LogP) is 5.70. The van der Waals surface area contributed by atoms with Crippen molar-refractivity contribution in [3.63, 3.8) is 0 Å². The van der Waals surface area contributed by atoms with Gasteiger partial charge < -0.3 is 4.74 Å². The summed E-state index contributed by atoms with van der Waals surface area (Å²) < 4.78 is 9.34. The van der Waals surface area contributed by atoms with Gasteiger partial charge >= 0.3 is 0 Å². The molecule has 0 N–H and O–H groups in total. The zero-order chi connectivity index (χ0) is 23.8. The van der Waals surface area contributed by atoms with Crippen LogP contribution in [0.1, 0.15) is 22.5 Å². The molecule has 3 heterocycles. The molecule has 0 aliphatic heterocycles. The van der Waals surface area contributed by atoms with E-state index in [0.29, 0.717) is 40.0 Å². The molecule has 0 spiro atoms. The Bertz CT molecular complexity index is 1590. The van der Waals surface area contributed by atoms with Crippen LogP contribution >= 0.6 is 11.6 Å². The van der Waals surface area contributed by atoms with E-state index in [9.17, 15) is 4.79 Å². The molecule has 2 aromatic carbocycles. The molecule has 0 unspecified atom stereocenters. The van der Waals surface area contributed by atoms with Crippen LogP contribution in [0.2, 0.25) is 5.02 Å².